The molecule has 4 heterocycles. The number of furan rings is 1. The molecule has 0 unspecified atom stereocenters. The highest BCUT2D eigenvalue weighted by atomic mass is 16.3. The summed E-state index contributed by atoms with van der Waals surface area (Å²) in [5, 5.41) is 6.94. The summed E-state index contributed by atoms with van der Waals surface area (Å²) < 4.78 is 11.3. The standard InChI is InChI=1S/C57H35N5O/c1-2-17-36(18-3-1)55-58-56(60-57(59-55)48-25-5-4-19-40(48)46-26-16-27-47-45-24-10-15-32-53(45)63-54(46)47)37-33-38(61-49-28-11-6-20-41(49)42-21-7-12-29-50(42)61)35-39(34-37)62-51-30-13-8-22-43(51)44-23-9-14-31-52(44)62/h1-35H. The number of hydrogen-bond donors (Lipinski definition) is 0. The van der Waals surface area contributed by atoms with Crippen LogP contribution in [0.2, 0.25) is 0 Å². The zero-order valence-electron chi connectivity index (χ0n) is 33.9. The van der Waals surface area contributed by atoms with Gasteiger partial charge < -0.3 is 13.6 Å². The number of benzene rings is 9. The van der Waals surface area contributed by atoms with E-state index in [9.17, 15) is 0 Å². The van der Waals surface area contributed by atoms with E-state index in [-0.39, 0.29) is 0 Å². The summed E-state index contributed by atoms with van der Waals surface area (Å²) in [5.74, 6) is 1.73. The quantitative estimate of drug-likeness (QED) is 0.168. The Labute approximate surface area is 361 Å². The van der Waals surface area contributed by atoms with E-state index in [1.165, 1.54) is 21.5 Å². The fourth-order valence-corrected chi connectivity index (χ4v) is 9.60. The molecule has 0 atom stereocenters. The molecule has 0 fully saturated rings. The molecule has 0 amide bonds. The molecular weight excluding hydrogens is 771 g/mol. The van der Waals surface area contributed by atoms with Crippen molar-refractivity contribution in [1.29, 1.82) is 0 Å². The zero-order chi connectivity index (χ0) is 41.4. The van der Waals surface area contributed by atoms with Gasteiger partial charge in [0.25, 0.3) is 0 Å². The summed E-state index contributed by atoms with van der Waals surface area (Å²) in [7, 11) is 0. The Kier molecular flexibility index (Phi) is 7.80. The van der Waals surface area contributed by atoms with Gasteiger partial charge in [-0.2, -0.15) is 0 Å². The summed E-state index contributed by atoms with van der Waals surface area (Å²) in [6, 6.07) is 74.4. The first-order valence-electron chi connectivity index (χ1n) is 21.2. The summed E-state index contributed by atoms with van der Waals surface area (Å²) in [4.78, 5) is 16.0. The third-order valence-electron chi connectivity index (χ3n) is 12.4. The van der Waals surface area contributed by atoms with Gasteiger partial charge in [-0.1, -0.05) is 164 Å². The lowest BCUT2D eigenvalue weighted by atomic mass is 9.97. The molecule has 4 aromatic heterocycles. The molecule has 13 rings (SSSR count). The first-order valence-corrected chi connectivity index (χ1v) is 21.2. The average Bonchev–Trinajstić information content (AvgIpc) is 4.02. The van der Waals surface area contributed by atoms with Crippen molar-refractivity contribution in [3.8, 4) is 56.7 Å². The van der Waals surface area contributed by atoms with Crippen LogP contribution < -0.4 is 0 Å². The third kappa shape index (κ3) is 5.55. The Hall–Kier alpha value is -8.61. The Morgan fingerprint density at radius 3 is 1.32 bits per heavy atom. The number of aromatic nitrogens is 5. The molecule has 0 bridgehead atoms. The van der Waals surface area contributed by atoms with E-state index in [0.29, 0.717) is 17.5 Å². The van der Waals surface area contributed by atoms with Crippen molar-refractivity contribution in [2.75, 3.05) is 0 Å². The monoisotopic (exact) mass is 805 g/mol. The molecule has 0 radical (unpaired) electrons. The minimum atomic E-state index is 0.570. The molecule has 0 saturated carbocycles. The van der Waals surface area contributed by atoms with Crippen LogP contribution in [0, 0.1) is 0 Å². The van der Waals surface area contributed by atoms with Crippen LogP contribution in [-0.4, -0.2) is 24.1 Å². The number of rotatable bonds is 6. The van der Waals surface area contributed by atoms with E-state index < -0.39 is 0 Å². The molecule has 6 heteroatoms. The van der Waals surface area contributed by atoms with Crippen molar-refractivity contribution in [3.05, 3.63) is 212 Å². The number of fused-ring (bicyclic) bond motifs is 9. The van der Waals surface area contributed by atoms with Crippen molar-refractivity contribution in [2.45, 2.75) is 0 Å². The Morgan fingerprint density at radius 1 is 0.302 bits per heavy atom. The van der Waals surface area contributed by atoms with Gasteiger partial charge in [-0.3, -0.25) is 0 Å². The molecule has 0 aliphatic heterocycles. The topological polar surface area (TPSA) is 61.7 Å². The van der Waals surface area contributed by atoms with Crippen LogP contribution in [-0.2, 0) is 0 Å². The molecule has 294 valence electrons. The summed E-state index contributed by atoms with van der Waals surface area (Å²) in [6.07, 6.45) is 0. The van der Waals surface area contributed by atoms with Crippen LogP contribution >= 0.6 is 0 Å². The van der Waals surface area contributed by atoms with Crippen molar-refractivity contribution in [2.24, 2.45) is 0 Å². The maximum atomic E-state index is 6.58. The highest BCUT2D eigenvalue weighted by molar-refractivity contribution is 6.12. The van der Waals surface area contributed by atoms with Gasteiger partial charge in [0.2, 0.25) is 0 Å². The maximum Gasteiger partial charge on any atom is 0.164 e. The van der Waals surface area contributed by atoms with Gasteiger partial charge in [0.05, 0.1) is 22.1 Å². The molecule has 0 N–H and O–H groups in total. The van der Waals surface area contributed by atoms with E-state index in [1.54, 1.807) is 0 Å². The van der Waals surface area contributed by atoms with E-state index in [1.807, 2.05) is 36.4 Å². The van der Waals surface area contributed by atoms with Crippen molar-refractivity contribution in [1.82, 2.24) is 24.1 Å². The fraction of sp³-hybridized carbons (Fsp3) is 0. The smallest absolute Gasteiger partial charge is 0.164 e. The molecular formula is C57H35N5O. The average molecular weight is 806 g/mol. The van der Waals surface area contributed by atoms with Crippen LogP contribution in [0.5, 0.6) is 0 Å². The lowest BCUT2D eigenvalue weighted by Crippen LogP contribution is -2.04. The predicted molar refractivity (Wildman–Crippen MR) is 258 cm³/mol. The van der Waals surface area contributed by atoms with Crippen LogP contribution in [0.4, 0.5) is 0 Å². The van der Waals surface area contributed by atoms with Crippen LogP contribution in [0.15, 0.2) is 217 Å². The Bertz CT molecular complexity index is 3690. The molecule has 0 saturated heterocycles. The van der Waals surface area contributed by atoms with Gasteiger partial charge >= 0.3 is 0 Å². The summed E-state index contributed by atoms with van der Waals surface area (Å²) in [5.41, 5.74) is 12.8. The van der Waals surface area contributed by atoms with Crippen LogP contribution in [0.3, 0.4) is 0 Å². The molecule has 6 nitrogen and oxygen atoms in total. The normalized spacial score (nSPS) is 11.8. The summed E-state index contributed by atoms with van der Waals surface area (Å²) in [6.45, 7) is 0. The van der Waals surface area contributed by atoms with Gasteiger partial charge in [0.15, 0.2) is 17.5 Å². The van der Waals surface area contributed by atoms with E-state index >= 15 is 0 Å². The predicted octanol–water partition coefficient (Wildman–Crippen LogP) is 14.6. The third-order valence-corrected chi connectivity index (χ3v) is 12.4. The fourth-order valence-electron chi connectivity index (χ4n) is 9.60. The molecule has 13 aromatic rings. The van der Waals surface area contributed by atoms with Gasteiger partial charge in [-0.05, 0) is 54.1 Å². The van der Waals surface area contributed by atoms with E-state index in [2.05, 4.69) is 185 Å². The first kappa shape index (κ1) is 35.2. The summed E-state index contributed by atoms with van der Waals surface area (Å²) >= 11 is 0. The molecule has 0 spiro atoms. The van der Waals surface area contributed by atoms with Crippen molar-refractivity contribution < 1.29 is 4.42 Å². The minimum Gasteiger partial charge on any atom is -0.455 e. The molecule has 0 aliphatic carbocycles. The Balaban J connectivity index is 1.10. The van der Waals surface area contributed by atoms with Crippen molar-refractivity contribution in [3.63, 3.8) is 0 Å². The first-order chi connectivity index (χ1) is 31.2. The van der Waals surface area contributed by atoms with Crippen LogP contribution in [0.1, 0.15) is 0 Å². The van der Waals surface area contributed by atoms with E-state index in [4.69, 9.17) is 19.4 Å². The van der Waals surface area contributed by atoms with Gasteiger partial charge in [0, 0.05) is 65.9 Å². The molecule has 63 heavy (non-hydrogen) atoms. The minimum absolute atomic E-state index is 0.570. The Morgan fingerprint density at radius 2 is 0.730 bits per heavy atom. The lowest BCUT2D eigenvalue weighted by Gasteiger charge is -2.16. The van der Waals surface area contributed by atoms with Gasteiger partial charge in [-0.15, -0.1) is 0 Å². The molecule has 0 aliphatic rings. The largest absolute Gasteiger partial charge is 0.455 e. The second kappa shape index (κ2) is 14.0. The second-order valence-electron chi connectivity index (χ2n) is 16.0. The highest BCUT2D eigenvalue weighted by Gasteiger charge is 2.22. The number of nitrogens with zero attached hydrogens (tertiary/aromatic N) is 5. The van der Waals surface area contributed by atoms with Crippen LogP contribution in [0.25, 0.3) is 122 Å². The zero-order valence-corrected chi connectivity index (χ0v) is 33.9. The highest BCUT2D eigenvalue weighted by Crippen LogP contribution is 2.41. The SMILES string of the molecule is c1ccc(-c2nc(-c3cc(-n4c5ccccc5c5ccccc54)cc(-n4c5ccccc5c5ccccc54)c3)nc(-c3ccccc3-c3cccc4c3oc3ccccc34)n2)cc1. The number of para-hydroxylation sites is 6. The number of hydrogen-bond acceptors (Lipinski definition) is 4. The maximum absolute atomic E-state index is 6.58. The van der Waals surface area contributed by atoms with Crippen molar-refractivity contribution >= 4 is 65.6 Å². The second-order valence-corrected chi connectivity index (χ2v) is 16.0. The van der Waals surface area contributed by atoms with E-state index in [0.717, 1.165) is 83.2 Å². The van der Waals surface area contributed by atoms with Gasteiger partial charge in [0.1, 0.15) is 11.2 Å². The lowest BCUT2D eigenvalue weighted by molar-refractivity contribution is 0.670. The molecule has 9 aromatic carbocycles. The van der Waals surface area contributed by atoms with Gasteiger partial charge in [-0.25, -0.2) is 15.0 Å².